The molecule has 0 fully saturated rings. The summed E-state index contributed by atoms with van der Waals surface area (Å²) in [4.78, 5) is 0. The summed E-state index contributed by atoms with van der Waals surface area (Å²) in [5.41, 5.74) is 0. The smallest absolute Gasteiger partial charge is 0.144 e. The molecule has 0 amide bonds. The zero-order valence-electron chi connectivity index (χ0n) is 6.65. The first kappa shape index (κ1) is 8.00. The van der Waals surface area contributed by atoms with Crippen molar-refractivity contribution >= 4 is 5.82 Å². The van der Waals surface area contributed by atoms with Crippen LogP contribution in [0.5, 0.6) is 0 Å². The van der Waals surface area contributed by atoms with E-state index in [4.69, 9.17) is 5.11 Å². The SMILES string of the molecule is CC(CO)Nc1cnnn1C. The van der Waals surface area contributed by atoms with Crippen LogP contribution >= 0.6 is 0 Å². The average molecular weight is 156 g/mol. The number of aliphatic hydroxyl groups is 1. The summed E-state index contributed by atoms with van der Waals surface area (Å²) in [5, 5.41) is 19.1. The molecule has 1 aromatic heterocycles. The highest BCUT2D eigenvalue weighted by Gasteiger charge is 2.02. The second kappa shape index (κ2) is 3.34. The number of aromatic nitrogens is 3. The van der Waals surface area contributed by atoms with Crippen LogP contribution < -0.4 is 5.32 Å². The first-order valence-corrected chi connectivity index (χ1v) is 3.46. The second-order valence-electron chi connectivity index (χ2n) is 2.47. The summed E-state index contributed by atoms with van der Waals surface area (Å²) in [5.74, 6) is 0.812. The molecule has 0 aliphatic rings. The summed E-state index contributed by atoms with van der Waals surface area (Å²) in [6.07, 6.45) is 1.62. The van der Waals surface area contributed by atoms with E-state index in [1.165, 1.54) is 0 Å². The lowest BCUT2D eigenvalue weighted by Gasteiger charge is -2.10. The first-order chi connectivity index (χ1) is 5.24. The number of aliphatic hydroxyl groups excluding tert-OH is 1. The van der Waals surface area contributed by atoms with Gasteiger partial charge in [-0.25, -0.2) is 4.68 Å². The maximum atomic E-state index is 8.71. The fourth-order valence-corrected chi connectivity index (χ4v) is 0.718. The molecule has 1 atom stereocenters. The summed E-state index contributed by atoms with van der Waals surface area (Å²) in [6.45, 7) is 1.98. The summed E-state index contributed by atoms with van der Waals surface area (Å²) in [7, 11) is 1.79. The van der Waals surface area contributed by atoms with Crippen LogP contribution in [0, 0.1) is 0 Å². The van der Waals surface area contributed by atoms with Crippen LogP contribution in [0.25, 0.3) is 0 Å². The van der Waals surface area contributed by atoms with E-state index in [-0.39, 0.29) is 12.6 Å². The van der Waals surface area contributed by atoms with Crippen LogP contribution in [0.1, 0.15) is 6.92 Å². The molecule has 1 heterocycles. The molecule has 5 nitrogen and oxygen atoms in total. The van der Waals surface area contributed by atoms with Crippen molar-refractivity contribution < 1.29 is 5.11 Å². The highest BCUT2D eigenvalue weighted by Crippen LogP contribution is 2.02. The lowest BCUT2D eigenvalue weighted by Crippen LogP contribution is -2.20. The molecule has 5 heteroatoms. The molecule has 0 aromatic carbocycles. The lowest BCUT2D eigenvalue weighted by molar-refractivity contribution is 0.281. The van der Waals surface area contributed by atoms with Gasteiger partial charge in [0.1, 0.15) is 5.82 Å². The first-order valence-electron chi connectivity index (χ1n) is 3.46. The van der Waals surface area contributed by atoms with E-state index in [0.29, 0.717) is 0 Å². The fourth-order valence-electron chi connectivity index (χ4n) is 0.718. The molecule has 0 aliphatic carbocycles. The van der Waals surface area contributed by atoms with E-state index in [1.807, 2.05) is 6.92 Å². The highest BCUT2D eigenvalue weighted by molar-refractivity contribution is 5.31. The van der Waals surface area contributed by atoms with Gasteiger partial charge in [0, 0.05) is 13.1 Å². The van der Waals surface area contributed by atoms with E-state index in [2.05, 4.69) is 15.6 Å². The average Bonchev–Trinajstić information content (AvgIpc) is 2.37. The zero-order valence-corrected chi connectivity index (χ0v) is 6.65. The van der Waals surface area contributed by atoms with Gasteiger partial charge >= 0.3 is 0 Å². The molecule has 1 aromatic rings. The minimum atomic E-state index is 0.0344. The molecule has 11 heavy (non-hydrogen) atoms. The zero-order chi connectivity index (χ0) is 8.27. The largest absolute Gasteiger partial charge is 0.394 e. The molecule has 0 spiro atoms. The normalized spacial score (nSPS) is 13.0. The molecular weight excluding hydrogens is 144 g/mol. The third kappa shape index (κ3) is 1.91. The van der Waals surface area contributed by atoms with E-state index in [0.717, 1.165) is 5.82 Å². The van der Waals surface area contributed by atoms with Gasteiger partial charge in [-0.2, -0.15) is 0 Å². The molecule has 1 rings (SSSR count). The van der Waals surface area contributed by atoms with Crippen LogP contribution in [-0.2, 0) is 7.05 Å². The minimum Gasteiger partial charge on any atom is -0.394 e. The van der Waals surface area contributed by atoms with Gasteiger partial charge in [0.25, 0.3) is 0 Å². The van der Waals surface area contributed by atoms with Gasteiger partial charge in [-0.15, -0.1) is 5.10 Å². The molecule has 0 saturated carbocycles. The Hall–Kier alpha value is -1.10. The van der Waals surface area contributed by atoms with Crippen molar-refractivity contribution in [2.45, 2.75) is 13.0 Å². The van der Waals surface area contributed by atoms with Crippen molar-refractivity contribution in [2.75, 3.05) is 11.9 Å². The number of rotatable bonds is 3. The fraction of sp³-hybridized carbons (Fsp3) is 0.667. The topological polar surface area (TPSA) is 63.0 Å². The lowest BCUT2D eigenvalue weighted by atomic mass is 10.4. The Morgan fingerprint density at radius 2 is 2.55 bits per heavy atom. The minimum absolute atomic E-state index is 0.0344. The predicted octanol–water partition coefficient (Wildman–Crippen LogP) is -0.392. The Balaban J connectivity index is 2.56. The molecule has 62 valence electrons. The van der Waals surface area contributed by atoms with Crippen LogP contribution in [0.4, 0.5) is 5.82 Å². The van der Waals surface area contributed by atoms with E-state index in [1.54, 1.807) is 17.9 Å². The summed E-state index contributed by atoms with van der Waals surface area (Å²) >= 11 is 0. The van der Waals surface area contributed by atoms with Gasteiger partial charge in [0.05, 0.1) is 12.8 Å². The van der Waals surface area contributed by atoms with Gasteiger partial charge in [-0.3, -0.25) is 0 Å². The summed E-state index contributed by atoms with van der Waals surface area (Å²) in [6, 6.07) is 0.0344. The van der Waals surface area contributed by atoms with E-state index in [9.17, 15) is 0 Å². The van der Waals surface area contributed by atoms with Crippen LogP contribution in [0.15, 0.2) is 6.20 Å². The monoisotopic (exact) mass is 156 g/mol. The predicted molar refractivity (Wildman–Crippen MR) is 41.2 cm³/mol. The molecule has 1 unspecified atom stereocenters. The van der Waals surface area contributed by atoms with Crippen molar-refractivity contribution in [3.05, 3.63) is 6.20 Å². The molecule has 2 N–H and O–H groups in total. The summed E-state index contributed by atoms with van der Waals surface area (Å²) < 4.78 is 1.62. The van der Waals surface area contributed by atoms with Gasteiger partial charge in [0.2, 0.25) is 0 Å². The van der Waals surface area contributed by atoms with Crippen molar-refractivity contribution in [1.82, 2.24) is 15.0 Å². The Labute approximate surface area is 65.0 Å². The number of anilines is 1. The third-order valence-electron chi connectivity index (χ3n) is 1.38. The Bertz CT molecular complexity index is 222. The molecule has 0 saturated heterocycles. The van der Waals surface area contributed by atoms with Crippen molar-refractivity contribution in [3.8, 4) is 0 Å². The maximum Gasteiger partial charge on any atom is 0.144 e. The van der Waals surface area contributed by atoms with E-state index < -0.39 is 0 Å². The highest BCUT2D eigenvalue weighted by atomic mass is 16.3. The molecule has 0 radical (unpaired) electrons. The Morgan fingerprint density at radius 3 is 3.00 bits per heavy atom. The number of hydrogen-bond donors (Lipinski definition) is 2. The Kier molecular flexibility index (Phi) is 2.43. The van der Waals surface area contributed by atoms with Gasteiger partial charge in [-0.05, 0) is 6.92 Å². The number of aryl methyl sites for hydroxylation is 1. The molecule has 0 aliphatic heterocycles. The van der Waals surface area contributed by atoms with Gasteiger partial charge in [0.15, 0.2) is 0 Å². The van der Waals surface area contributed by atoms with E-state index >= 15 is 0 Å². The standard InChI is InChI=1S/C6H12N4O/c1-5(4-11)8-6-3-7-9-10(6)2/h3,5,8,11H,4H2,1-2H3. The number of hydrogen-bond acceptors (Lipinski definition) is 4. The van der Waals surface area contributed by atoms with Crippen LogP contribution in [0.3, 0.4) is 0 Å². The Morgan fingerprint density at radius 1 is 1.82 bits per heavy atom. The van der Waals surface area contributed by atoms with Crippen LogP contribution in [0.2, 0.25) is 0 Å². The van der Waals surface area contributed by atoms with Crippen LogP contribution in [-0.4, -0.2) is 32.7 Å². The van der Waals surface area contributed by atoms with Crippen molar-refractivity contribution in [1.29, 1.82) is 0 Å². The molecular formula is C6H12N4O. The second-order valence-corrected chi connectivity index (χ2v) is 2.47. The number of nitrogens with zero attached hydrogens (tertiary/aromatic N) is 3. The quantitative estimate of drug-likeness (QED) is 0.625. The van der Waals surface area contributed by atoms with Crippen molar-refractivity contribution in [2.24, 2.45) is 7.05 Å². The van der Waals surface area contributed by atoms with Gasteiger partial charge in [-0.1, -0.05) is 5.21 Å². The van der Waals surface area contributed by atoms with Crippen molar-refractivity contribution in [3.63, 3.8) is 0 Å². The third-order valence-corrected chi connectivity index (χ3v) is 1.38. The maximum absolute atomic E-state index is 8.71. The van der Waals surface area contributed by atoms with Gasteiger partial charge < -0.3 is 10.4 Å². The molecule has 0 bridgehead atoms. The number of nitrogens with one attached hydrogen (secondary N) is 1.